The zero-order chi connectivity index (χ0) is 7.28. The summed E-state index contributed by atoms with van der Waals surface area (Å²) < 4.78 is 4.45. The lowest BCUT2D eigenvalue weighted by Crippen LogP contribution is -1.99. The SMILES string of the molecule is C=COC(=O)/C(C)=C\C. The maximum atomic E-state index is 10.6. The predicted octanol–water partition coefficient (Wildman–Crippen LogP) is 1.64. The van der Waals surface area contributed by atoms with Crippen LogP contribution in [0.5, 0.6) is 0 Å². The Morgan fingerprint density at radius 2 is 2.22 bits per heavy atom. The van der Waals surface area contributed by atoms with Crippen LogP contribution < -0.4 is 0 Å². The van der Waals surface area contributed by atoms with E-state index >= 15 is 0 Å². The first kappa shape index (κ1) is 7.95. The Hall–Kier alpha value is -1.05. The van der Waals surface area contributed by atoms with E-state index in [1.54, 1.807) is 19.9 Å². The Labute approximate surface area is 54.8 Å². The lowest BCUT2D eigenvalue weighted by molar-refractivity contribution is -0.133. The molecule has 0 amide bonds. The summed E-state index contributed by atoms with van der Waals surface area (Å²) in [6, 6.07) is 0. The molecule has 0 bridgehead atoms. The highest BCUT2D eigenvalue weighted by molar-refractivity contribution is 5.87. The number of allylic oxidation sites excluding steroid dienone is 1. The maximum absolute atomic E-state index is 10.6. The van der Waals surface area contributed by atoms with E-state index in [4.69, 9.17) is 0 Å². The fourth-order valence-electron chi connectivity index (χ4n) is 0.286. The van der Waals surface area contributed by atoms with Gasteiger partial charge in [0.15, 0.2) is 0 Å². The number of rotatable bonds is 2. The van der Waals surface area contributed by atoms with Crippen LogP contribution in [-0.2, 0) is 9.53 Å². The van der Waals surface area contributed by atoms with Gasteiger partial charge in [-0.05, 0) is 13.8 Å². The molecule has 0 saturated carbocycles. The average Bonchev–Trinajstić information content (AvgIpc) is 1.87. The van der Waals surface area contributed by atoms with Gasteiger partial charge in [0.05, 0.1) is 6.26 Å². The lowest BCUT2D eigenvalue weighted by atomic mass is 10.3. The van der Waals surface area contributed by atoms with E-state index in [2.05, 4.69) is 11.3 Å². The quantitative estimate of drug-likeness (QED) is 0.319. The van der Waals surface area contributed by atoms with Gasteiger partial charge in [0, 0.05) is 5.57 Å². The third kappa shape index (κ3) is 2.69. The Morgan fingerprint density at radius 3 is 2.56 bits per heavy atom. The molecule has 2 heteroatoms. The highest BCUT2D eigenvalue weighted by atomic mass is 16.5. The van der Waals surface area contributed by atoms with Gasteiger partial charge in [-0.3, -0.25) is 0 Å². The van der Waals surface area contributed by atoms with Gasteiger partial charge in [-0.25, -0.2) is 4.79 Å². The van der Waals surface area contributed by atoms with Crippen molar-refractivity contribution in [2.75, 3.05) is 0 Å². The van der Waals surface area contributed by atoms with Gasteiger partial charge in [0.1, 0.15) is 0 Å². The molecular formula is C7H10O2. The van der Waals surface area contributed by atoms with Crippen LogP contribution in [0.15, 0.2) is 24.5 Å². The maximum Gasteiger partial charge on any atom is 0.338 e. The fourth-order valence-corrected chi connectivity index (χ4v) is 0.286. The van der Waals surface area contributed by atoms with Gasteiger partial charge in [0.25, 0.3) is 0 Å². The smallest absolute Gasteiger partial charge is 0.338 e. The minimum absolute atomic E-state index is 0.340. The lowest BCUT2D eigenvalue weighted by Gasteiger charge is -1.94. The van der Waals surface area contributed by atoms with Gasteiger partial charge < -0.3 is 4.74 Å². The van der Waals surface area contributed by atoms with E-state index in [-0.39, 0.29) is 5.97 Å². The molecule has 0 aliphatic carbocycles. The van der Waals surface area contributed by atoms with Gasteiger partial charge in [-0.1, -0.05) is 12.7 Å². The van der Waals surface area contributed by atoms with E-state index in [1.807, 2.05) is 0 Å². The van der Waals surface area contributed by atoms with Crippen molar-refractivity contribution in [2.45, 2.75) is 13.8 Å². The first-order valence-electron chi connectivity index (χ1n) is 2.67. The largest absolute Gasteiger partial charge is 0.432 e. The monoisotopic (exact) mass is 126 g/mol. The van der Waals surface area contributed by atoms with Crippen LogP contribution >= 0.6 is 0 Å². The molecule has 0 aromatic carbocycles. The van der Waals surface area contributed by atoms with E-state index < -0.39 is 0 Å². The van der Waals surface area contributed by atoms with Crippen molar-refractivity contribution < 1.29 is 9.53 Å². The van der Waals surface area contributed by atoms with Crippen LogP contribution in [0.3, 0.4) is 0 Å². The molecule has 0 fully saturated rings. The number of ether oxygens (including phenoxy) is 1. The first-order valence-corrected chi connectivity index (χ1v) is 2.67. The molecule has 0 heterocycles. The Morgan fingerprint density at radius 1 is 1.67 bits per heavy atom. The van der Waals surface area contributed by atoms with Gasteiger partial charge in [0.2, 0.25) is 0 Å². The molecular weight excluding hydrogens is 116 g/mol. The van der Waals surface area contributed by atoms with Crippen LogP contribution in [-0.4, -0.2) is 5.97 Å². The highest BCUT2D eigenvalue weighted by Crippen LogP contribution is 1.94. The highest BCUT2D eigenvalue weighted by Gasteiger charge is 1.99. The third-order valence-electron chi connectivity index (χ3n) is 0.945. The van der Waals surface area contributed by atoms with Crippen LogP contribution in [0.2, 0.25) is 0 Å². The van der Waals surface area contributed by atoms with Crippen molar-refractivity contribution in [1.82, 2.24) is 0 Å². The first-order chi connectivity index (χ1) is 4.22. The molecule has 0 radical (unpaired) electrons. The summed E-state index contributed by atoms with van der Waals surface area (Å²) in [4.78, 5) is 10.6. The van der Waals surface area contributed by atoms with E-state index in [0.29, 0.717) is 5.57 Å². The normalized spacial score (nSPS) is 10.7. The molecule has 0 aliphatic rings. The van der Waals surface area contributed by atoms with E-state index in [1.165, 1.54) is 0 Å². The number of carbonyl (C=O) groups excluding carboxylic acids is 1. The molecule has 0 atom stereocenters. The van der Waals surface area contributed by atoms with Crippen molar-refractivity contribution in [3.8, 4) is 0 Å². The second-order valence-electron chi connectivity index (χ2n) is 1.54. The van der Waals surface area contributed by atoms with Crippen molar-refractivity contribution in [3.63, 3.8) is 0 Å². The van der Waals surface area contributed by atoms with Gasteiger partial charge in [-0.15, -0.1) is 0 Å². The Kier molecular flexibility index (Phi) is 3.44. The molecule has 0 aromatic heterocycles. The standard InChI is InChI=1S/C7H10O2/c1-4-6(3)7(8)9-5-2/h4-5H,2H2,1,3H3/b6-4-. The van der Waals surface area contributed by atoms with E-state index in [9.17, 15) is 4.79 Å². The molecule has 0 saturated heterocycles. The zero-order valence-corrected chi connectivity index (χ0v) is 5.68. The second kappa shape index (κ2) is 3.89. The predicted molar refractivity (Wildman–Crippen MR) is 35.7 cm³/mol. The second-order valence-corrected chi connectivity index (χ2v) is 1.54. The van der Waals surface area contributed by atoms with E-state index in [0.717, 1.165) is 6.26 Å². The number of hydrogen-bond acceptors (Lipinski definition) is 2. The molecule has 2 nitrogen and oxygen atoms in total. The van der Waals surface area contributed by atoms with Crippen molar-refractivity contribution in [3.05, 3.63) is 24.5 Å². The summed E-state index contributed by atoms with van der Waals surface area (Å²) in [7, 11) is 0. The molecule has 9 heavy (non-hydrogen) atoms. The fraction of sp³-hybridized carbons (Fsp3) is 0.286. The summed E-state index contributed by atoms with van der Waals surface area (Å²) in [5.41, 5.74) is 0.593. The van der Waals surface area contributed by atoms with Crippen molar-refractivity contribution in [1.29, 1.82) is 0 Å². The van der Waals surface area contributed by atoms with Crippen LogP contribution in [0.25, 0.3) is 0 Å². The average molecular weight is 126 g/mol. The van der Waals surface area contributed by atoms with Crippen LogP contribution in [0, 0.1) is 0 Å². The summed E-state index contributed by atoms with van der Waals surface area (Å²) in [6.07, 6.45) is 2.81. The molecule has 0 spiro atoms. The molecule has 0 aromatic rings. The summed E-state index contributed by atoms with van der Waals surface area (Å²) in [5.74, 6) is -0.340. The summed E-state index contributed by atoms with van der Waals surface area (Å²) >= 11 is 0. The third-order valence-corrected chi connectivity index (χ3v) is 0.945. The zero-order valence-electron chi connectivity index (χ0n) is 5.68. The molecule has 0 rings (SSSR count). The van der Waals surface area contributed by atoms with Gasteiger partial charge in [-0.2, -0.15) is 0 Å². The molecule has 0 N–H and O–H groups in total. The Balaban J connectivity index is 3.88. The Bertz CT molecular complexity index is 145. The molecule has 0 unspecified atom stereocenters. The number of hydrogen-bond donors (Lipinski definition) is 0. The topological polar surface area (TPSA) is 26.3 Å². The van der Waals surface area contributed by atoms with Crippen LogP contribution in [0.1, 0.15) is 13.8 Å². The summed E-state index contributed by atoms with van der Waals surface area (Å²) in [6.45, 7) is 6.71. The summed E-state index contributed by atoms with van der Waals surface area (Å²) in [5, 5.41) is 0. The van der Waals surface area contributed by atoms with Crippen molar-refractivity contribution >= 4 is 5.97 Å². The van der Waals surface area contributed by atoms with Gasteiger partial charge >= 0.3 is 5.97 Å². The minimum Gasteiger partial charge on any atom is -0.432 e. The molecule has 50 valence electrons. The van der Waals surface area contributed by atoms with Crippen LogP contribution in [0.4, 0.5) is 0 Å². The van der Waals surface area contributed by atoms with Crippen molar-refractivity contribution in [2.24, 2.45) is 0 Å². The number of esters is 1. The number of carbonyl (C=O) groups is 1. The molecule has 0 aliphatic heterocycles. The minimum atomic E-state index is -0.340.